The number of thiol groups is 1. The number of carbonyl (C=O) groups is 1. The van der Waals surface area contributed by atoms with Gasteiger partial charge in [0.1, 0.15) is 5.82 Å². The molecule has 2 nitrogen and oxygen atoms in total. The van der Waals surface area contributed by atoms with Crippen molar-refractivity contribution >= 4 is 40.2 Å². The molecule has 0 aromatic heterocycles. The van der Waals surface area contributed by atoms with E-state index in [9.17, 15) is 9.18 Å². The third kappa shape index (κ3) is 3.22. The highest BCUT2D eigenvalue weighted by molar-refractivity contribution is 9.10. The van der Waals surface area contributed by atoms with Crippen molar-refractivity contribution in [1.29, 1.82) is 0 Å². The van der Waals surface area contributed by atoms with Crippen LogP contribution in [0, 0.1) is 11.2 Å². The van der Waals surface area contributed by atoms with Gasteiger partial charge in [0.05, 0.1) is 5.69 Å². The Balaban J connectivity index is 1.98. The van der Waals surface area contributed by atoms with Gasteiger partial charge in [0.15, 0.2) is 0 Å². The summed E-state index contributed by atoms with van der Waals surface area (Å²) in [5.41, 5.74) is 0.284. The van der Waals surface area contributed by atoms with Crippen molar-refractivity contribution in [1.82, 2.24) is 0 Å². The van der Waals surface area contributed by atoms with E-state index in [-0.39, 0.29) is 17.0 Å². The van der Waals surface area contributed by atoms with Crippen LogP contribution in [-0.4, -0.2) is 11.7 Å². The first-order valence-corrected chi connectivity index (χ1v) is 6.83. The smallest absolute Gasteiger partial charge is 0.225 e. The lowest BCUT2D eigenvalue weighted by atomic mass is 10.1. The second-order valence-corrected chi connectivity index (χ2v) is 5.74. The summed E-state index contributed by atoms with van der Waals surface area (Å²) in [5.74, 6) is 0.143. The highest BCUT2D eigenvalue weighted by atomic mass is 79.9. The monoisotopic (exact) mass is 317 g/mol. The molecule has 1 saturated carbocycles. The Morgan fingerprint density at radius 2 is 2.24 bits per heavy atom. The van der Waals surface area contributed by atoms with E-state index >= 15 is 0 Å². The number of carbonyl (C=O) groups excluding carboxylic acids is 1. The number of amides is 1. The van der Waals surface area contributed by atoms with E-state index in [1.807, 2.05) is 0 Å². The Hall–Kier alpha value is -0.550. The molecule has 0 saturated heterocycles. The fraction of sp³-hybridized carbons (Fsp3) is 0.417. The molecule has 5 heteroatoms. The minimum absolute atomic E-state index is 0.0546. The van der Waals surface area contributed by atoms with Crippen LogP contribution in [0.25, 0.3) is 0 Å². The van der Waals surface area contributed by atoms with Crippen molar-refractivity contribution < 1.29 is 9.18 Å². The van der Waals surface area contributed by atoms with E-state index in [2.05, 4.69) is 33.9 Å². The number of halogens is 2. The lowest BCUT2D eigenvalue weighted by Crippen LogP contribution is -2.18. The average Bonchev–Trinajstić information content (AvgIpc) is 3.03. The van der Waals surface area contributed by atoms with Gasteiger partial charge in [0, 0.05) is 10.9 Å². The van der Waals surface area contributed by atoms with Gasteiger partial charge in [-0.25, -0.2) is 4.39 Å². The first-order valence-electron chi connectivity index (χ1n) is 5.40. The van der Waals surface area contributed by atoms with Crippen molar-refractivity contribution in [2.75, 3.05) is 11.1 Å². The third-order valence-corrected chi connectivity index (χ3v) is 4.20. The van der Waals surface area contributed by atoms with E-state index in [0.29, 0.717) is 16.6 Å². The Morgan fingerprint density at radius 3 is 2.76 bits per heavy atom. The number of hydrogen-bond acceptors (Lipinski definition) is 2. The molecule has 0 atom stereocenters. The van der Waals surface area contributed by atoms with E-state index in [4.69, 9.17) is 0 Å². The van der Waals surface area contributed by atoms with Gasteiger partial charge in [-0.2, -0.15) is 12.6 Å². The number of benzene rings is 1. The van der Waals surface area contributed by atoms with Crippen molar-refractivity contribution in [2.24, 2.45) is 5.41 Å². The summed E-state index contributed by atoms with van der Waals surface area (Å²) in [6.07, 6.45) is 2.49. The molecule has 1 amide bonds. The summed E-state index contributed by atoms with van der Waals surface area (Å²) in [6.45, 7) is 0. The maximum absolute atomic E-state index is 13.5. The molecular weight excluding hydrogens is 305 g/mol. The van der Waals surface area contributed by atoms with Crippen LogP contribution in [-0.2, 0) is 4.79 Å². The summed E-state index contributed by atoms with van der Waals surface area (Å²) < 4.78 is 14.1. The van der Waals surface area contributed by atoms with Crippen LogP contribution in [0.3, 0.4) is 0 Å². The minimum atomic E-state index is -0.427. The van der Waals surface area contributed by atoms with Gasteiger partial charge < -0.3 is 5.32 Å². The van der Waals surface area contributed by atoms with Gasteiger partial charge in [-0.05, 0) is 42.2 Å². The van der Waals surface area contributed by atoms with Crippen LogP contribution in [0.4, 0.5) is 10.1 Å². The molecule has 0 heterocycles. The maximum Gasteiger partial charge on any atom is 0.225 e. The Labute approximate surface area is 114 Å². The van der Waals surface area contributed by atoms with Crippen LogP contribution in [0.15, 0.2) is 22.7 Å². The molecular formula is C12H13BrFNOS. The second-order valence-electron chi connectivity index (χ2n) is 4.51. The fourth-order valence-electron chi connectivity index (χ4n) is 1.69. The topological polar surface area (TPSA) is 29.1 Å². The average molecular weight is 318 g/mol. The van der Waals surface area contributed by atoms with E-state index in [1.165, 1.54) is 6.07 Å². The lowest BCUT2D eigenvalue weighted by molar-refractivity contribution is -0.117. The quantitative estimate of drug-likeness (QED) is 0.816. The molecule has 1 N–H and O–H groups in total. The molecule has 0 aliphatic heterocycles. The Bertz CT molecular complexity index is 448. The Morgan fingerprint density at radius 1 is 1.53 bits per heavy atom. The molecule has 0 unspecified atom stereocenters. The van der Waals surface area contributed by atoms with Crippen LogP contribution in [0.5, 0.6) is 0 Å². The molecule has 2 rings (SSSR count). The minimum Gasteiger partial charge on any atom is -0.324 e. The second kappa shape index (κ2) is 4.98. The van der Waals surface area contributed by atoms with Gasteiger partial charge in [-0.1, -0.05) is 15.9 Å². The molecule has 0 spiro atoms. The van der Waals surface area contributed by atoms with E-state index in [1.54, 1.807) is 12.1 Å². The molecule has 1 fully saturated rings. The van der Waals surface area contributed by atoms with Crippen LogP contribution < -0.4 is 5.32 Å². The molecule has 1 aliphatic carbocycles. The molecule has 1 aliphatic rings. The summed E-state index contributed by atoms with van der Waals surface area (Å²) in [4.78, 5) is 11.7. The highest BCUT2D eigenvalue weighted by Crippen LogP contribution is 2.49. The standard InChI is InChI=1S/C12H13BrFNOS/c13-8-1-2-10(9(14)5-8)15-11(16)6-12(7-17)3-4-12/h1-2,5,17H,3-4,6-7H2,(H,15,16). The number of anilines is 1. The SMILES string of the molecule is O=C(CC1(CS)CC1)Nc1ccc(Br)cc1F. The van der Waals surface area contributed by atoms with Gasteiger partial charge in [0.25, 0.3) is 0 Å². The lowest BCUT2D eigenvalue weighted by Gasteiger charge is -2.12. The predicted molar refractivity (Wildman–Crippen MR) is 72.9 cm³/mol. The van der Waals surface area contributed by atoms with E-state index < -0.39 is 5.82 Å². The molecule has 0 bridgehead atoms. The van der Waals surface area contributed by atoms with Gasteiger partial charge >= 0.3 is 0 Å². The van der Waals surface area contributed by atoms with Gasteiger partial charge in [-0.3, -0.25) is 4.79 Å². The third-order valence-electron chi connectivity index (χ3n) is 3.03. The molecule has 17 heavy (non-hydrogen) atoms. The van der Waals surface area contributed by atoms with Crippen molar-refractivity contribution in [3.63, 3.8) is 0 Å². The molecule has 92 valence electrons. The van der Waals surface area contributed by atoms with Crippen LogP contribution >= 0.6 is 28.6 Å². The van der Waals surface area contributed by atoms with Gasteiger partial charge in [0.2, 0.25) is 5.91 Å². The summed E-state index contributed by atoms with van der Waals surface area (Å²) >= 11 is 7.41. The molecule has 0 radical (unpaired) electrons. The maximum atomic E-state index is 13.5. The summed E-state index contributed by atoms with van der Waals surface area (Å²) in [7, 11) is 0. The van der Waals surface area contributed by atoms with Crippen molar-refractivity contribution in [2.45, 2.75) is 19.3 Å². The fourth-order valence-corrected chi connectivity index (χ4v) is 2.45. The van der Waals surface area contributed by atoms with Crippen LogP contribution in [0.2, 0.25) is 0 Å². The number of nitrogens with one attached hydrogen (secondary N) is 1. The van der Waals surface area contributed by atoms with Crippen molar-refractivity contribution in [3.05, 3.63) is 28.5 Å². The summed E-state index contributed by atoms with van der Waals surface area (Å²) in [6, 6.07) is 4.59. The number of hydrogen-bond donors (Lipinski definition) is 2. The first kappa shape index (κ1) is 12.9. The molecule has 1 aromatic rings. The van der Waals surface area contributed by atoms with Gasteiger partial charge in [-0.15, -0.1) is 0 Å². The van der Waals surface area contributed by atoms with Crippen molar-refractivity contribution in [3.8, 4) is 0 Å². The predicted octanol–water partition coefficient (Wildman–Crippen LogP) is 3.63. The zero-order valence-electron chi connectivity index (χ0n) is 9.17. The van der Waals surface area contributed by atoms with Crippen LogP contribution in [0.1, 0.15) is 19.3 Å². The Kier molecular flexibility index (Phi) is 3.78. The number of rotatable bonds is 4. The first-order chi connectivity index (χ1) is 8.04. The highest BCUT2D eigenvalue weighted by Gasteiger charge is 2.42. The zero-order valence-corrected chi connectivity index (χ0v) is 11.7. The summed E-state index contributed by atoms with van der Waals surface area (Å²) in [5, 5.41) is 2.60. The normalized spacial score (nSPS) is 16.6. The largest absolute Gasteiger partial charge is 0.324 e. The zero-order chi connectivity index (χ0) is 12.5. The van der Waals surface area contributed by atoms with E-state index in [0.717, 1.165) is 12.8 Å². The molecule has 1 aromatic carbocycles.